The molecule has 0 unspecified atom stereocenters. The molecule has 2 N–H and O–H groups in total. The number of non-ortho nitro benzene ring substituents is 1. The highest BCUT2D eigenvalue weighted by Crippen LogP contribution is 2.12. The maximum absolute atomic E-state index is 11.9. The van der Waals surface area contributed by atoms with Gasteiger partial charge in [0.2, 0.25) is 0 Å². The van der Waals surface area contributed by atoms with Gasteiger partial charge in [-0.05, 0) is 36.2 Å². The highest BCUT2D eigenvalue weighted by atomic mass is 16.6. The van der Waals surface area contributed by atoms with Gasteiger partial charge in [0.15, 0.2) is 6.61 Å². The fourth-order valence-electron chi connectivity index (χ4n) is 2.40. The summed E-state index contributed by atoms with van der Waals surface area (Å²) in [7, 11) is 0. The number of nitrogens with one attached hydrogen (secondary N) is 2. The molecule has 0 fully saturated rings. The number of ether oxygens (including phenoxy) is 1. The number of esters is 1. The van der Waals surface area contributed by atoms with Gasteiger partial charge in [0.05, 0.1) is 11.3 Å². The summed E-state index contributed by atoms with van der Waals surface area (Å²) in [6.45, 7) is 1.59. The van der Waals surface area contributed by atoms with E-state index in [0.717, 1.165) is 12.0 Å². The standard InChI is InChI=1S/C20H21N3O6/c1-2-14-4-3-5-16(12-14)22-18(24)13-29-19(25)10-11-21-20(26)15-6-8-17(9-7-15)23(27)28/h3-9,12H,2,10-11,13H2,1H3,(H,21,26)(H,22,24). The van der Waals surface area contributed by atoms with Gasteiger partial charge >= 0.3 is 5.97 Å². The second kappa shape index (κ2) is 10.5. The number of hydrogen-bond donors (Lipinski definition) is 2. The summed E-state index contributed by atoms with van der Waals surface area (Å²) in [5, 5.41) is 15.7. The third kappa shape index (κ3) is 7.06. The van der Waals surface area contributed by atoms with Crippen LogP contribution in [0.2, 0.25) is 0 Å². The molecule has 0 aliphatic carbocycles. The molecule has 0 aliphatic heterocycles. The van der Waals surface area contributed by atoms with Crippen LogP contribution in [0.25, 0.3) is 0 Å². The molecular formula is C20H21N3O6. The maximum atomic E-state index is 11.9. The Morgan fingerprint density at radius 2 is 1.83 bits per heavy atom. The molecule has 2 rings (SSSR count). The largest absolute Gasteiger partial charge is 0.456 e. The van der Waals surface area contributed by atoms with Crippen LogP contribution >= 0.6 is 0 Å². The number of nitro groups is 1. The van der Waals surface area contributed by atoms with Crippen LogP contribution in [0.5, 0.6) is 0 Å². The number of carbonyl (C=O) groups excluding carboxylic acids is 3. The van der Waals surface area contributed by atoms with E-state index in [1.165, 1.54) is 24.3 Å². The van der Waals surface area contributed by atoms with Crippen molar-refractivity contribution in [2.75, 3.05) is 18.5 Å². The van der Waals surface area contributed by atoms with Crippen molar-refractivity contribution >= 4 is 29.2 Å². The molecule has 0 spiro atoms. The SMILES string of the molecule is CCc1cccc(NC(=O)COC(=O)CCNC(=O)c2ccc([N+](=O)[O-])cc2)c1. The Morgan fingerprint density at radius 3 is 2.48 bits per heavy atom. The van der Waals surface area contributed by atoms with E-state index >= 15 is 0 Å². The summed E-state index contributed by atoms with van der Waals surface area (Å²) in [6.07, 6.45) is 0.724. The fraction of sp³-hybridized carbons (Fsp3) is 0.250. The molecule has 0 radical (unpaired) electrons. The number of anilines is 1. The lowest BCUT2D eigenvalue weighted by atomic mass is 10.1. The summed E-state index contributed by atoms with van der Waals surface area (Å²) >= 11 is 0. The van der Waals surface area contributed by atoms with Crippen molar-refractivity contribution in [3.05, 3.63) is 69.8 Å². The zero-order valence-corrected chi connectivity index (χ0v) is 15.8. The number of rotatable bonds is 9. The lowest BCUT2D eigenvalue weighted by molar-refractivity contribution is -0.384. The molecule has 9 nitrogen and oxygen atoms in total. The molecule has 0 atom stereocenters. The van der Waals surface area contributed by atoms with Gasteiger partial charge in [-0.25, -0.2) is 0 Å². The van der Waals surface area contributed by atoms with Crippen LogP contribution in [-0.4, -0.2) is 35.9 Å². The summed E-state index contributed by atoms with van der Waals surface area (Å²) in [5.74, 6) is -1.56. The van der Waals surface area contributed by atoms with E-state index < -0.39 is 29.3 Å². The predicted molar refractivity (Wildman–Crippen MR) is 105 cm³/mol. The Bertz CT molecular complexity index is 895. The first-order chi connectivity index (χ1) is 13.9. The van der Waals surface area contributed by atoms with Crippen molar-refractivity contribution in [2.45, 2.75) is 19.8 Å². The van der Waals surface area contributed by atoms with Crippen LogP contribution in [0.15, 0.2) is 48.5 Å². The molecule has 0 heterocycles. The Kier molecular flexibility index (Phi) is 7.84. The summed E-state index contributed by atoms with van der Waals surface area (Å²) in [5.41, 5.74) is 1.81. The number of aryl methyl sites for hydroxylation is 1. The van der Waals surface area contributed by atoms with Crippen LogP contribution in [0, 0.1) is 10.1 Å². The third-order valence-electron chi connectivity index (χ3n) is 3.94. The van der Waals surface area contributed by atoms with Crippen molar-refractivity contribution in [1.29, 1.82) is 0 Å². The fourth-order valence-corrected chi connectivity index (χ4v) is 2.40. The number of nitro benzene ring substituents is 1. The van der Waals surface area contributed by atoms with Gasteiger partial charge < -0.3 is 15.4 Å². The molecule has 0 saturated carbocycles. The van der Waals surface area contributed by atoms with Crippen molar-refractivity contribution in [3.8, 4) is 0 Å². The Morgan fingerprint density at radius 1 is 1.10 bits per heavy atom. The number of carbonyl (C=O) groups is 3. The maximum Gasteiger partial charge on any atom is 0.308 e. The highest BCUT2D eigenvalue weighted by Gasteiger charge is 2.11. The third-order valence-corrected chi connectivity index (χ3v) is 3.94. The number of nitrogens with zero attached hydrogens (tertiary/aromatic N) is 1. The topological polar surface area (TPSA) is 128 Å². The first kappa shape index (κ1) is 21.5. The molecule has 0 saturated heterocycles. The number of benzene rings is 2. The Labute approximate surface area is 167 Å². The minimum absolute atomic E-state index is 0.00875. The average molecular weight is 399 g/mol. The van der Waals surface area contributed by atoms with Crippen LogP contribution in [0.4, 0.5) is 11.4 Å². The zero-order valence-electron chi connectivity index (χ0n) is 15.8. The molecule has 0 aliphatic rings. The first-order valence-electron chi connectivity index (χ1n) is 8.96. The van der Waals surface area contributed by atoms with Gasteiger partial charge in [0, 0.05) is 29.9 Å². The van der Waals surface area contributed by atoms with E-state index in [-0.39, 0.29) is 24.2 Å². The number of hydrogen-bond acceptors (Lipinski definition) is 6. The molecule has 2 aromatic carbocycles. The van der Waals surface area contributed by atoms with Gasteiger partial charge in [0.25, 0.3) is 17.5 Å². The molecule has 152 valence electrons. The number of amides is 2. The second-order valence-electron chi connectivity index (χ2n) is 6.07. The van der Waals surface area contributed by atoms with Gasteiger partial charge in [-0.15, -0.1) is 0 Å². The average Bonchev–Trinajstić information content (AvgIpc) is 2.72. The van der Waals surface area contributed by atoms with Crippen LogP contribution < -0.4 is 10.6 Å². The minimum Gasteiger partial charge on any atom is -0.456 e. The quantitative estimate of drug-likeness (QED) is 0.379. The second-order valence-corrected chi connectivity index (χ2v) is 6.07. The molecule has 29 heavy (non-hydrogen) atoms. The molecule has 9 heteroatoms. The van der Waals surface area contributed by atoms with Gasteiger partial charge in [-0.3, -0.25) is 24.5 Å². The van der Waals surface area contributed by atoms with Crippen molar-refractivity contribution < 1.29 is 24.0 Å². The summed E-state index contributed by atoms with van der Waals surface area (Å²) < 4.78 is 4.88. The van der Waals surface area contributed by atoms with E-state index in [1.807, 2.05) is 25.1 Å². The Hall–Kier alpha value is -3.75. The van der Waals surface area contributed by atoms with E-state index in [9.17, 15) is 24.5 Å². The predicted octanol–water partition coefficient (Wildman–Crippen LogP) is 2.46. The van der Waals surface area contributed by atoms with Gasteiger partial charge in [0.1, 0.15) is 0 Å². The molecule has 0 aromatic heterocycles. The van der Waals surface area contributed by atoms with Crippen molar-refractivity contribution in [2.24, 2.45) is 0 Å². The van der Waals surface area contributed by atoms with E-state index in [0.29, 0.717) is 5.69 Å². The van der Waals surface area contributed by atoms with E-state index in [1.54, 1.807) is 6.07 Å². The first-order valence-corrected chi connectivity index (χ1v) is 8.96. The normalized spacial score (nSPS) is 10.1. The molecule has 2 amide bonds. The van der Waals surface area contributed by atoms with Crippen LogP contribution in [-0.2, 0) is 20.7 Å². The minimum atomic E-state index is -0.633. The monoisotopic (exact) mass is 399 g/mol. The lowest BCUT2D eigenvalue weighted by Crippen LogP contribution is -2.27. The van der Waals surface area contributed by atoms with Gasteiger partial charge in [-0.1, -0.05) is 19.1 Å². The molecular weight excluding hydrogens is 378 g/mol. The zero-order chi connectivity index (χ0) is 21.2. The Balaban J connectivity index is 1.69. The van der Waals surface area contributed by atoms with E-state index in [4.69, 9.17) is 4.74 Å². The van der Waals surface area contributed by atoms with Crippen LogP contribution in [0.3, 0.4) is 0 Å². The van der Waals surface area contributed by atoms with E-state index in [2.05, 4.69) is 10.6 Å². The summed E-state index contributed by atoms with van der Waals surface area (Å²) in [4.78, 5) is 45.5. The van der Waals surface area contributed by atoms with Crippen molar-refractivity contribution in [1.82, 2.24) is 5.32 Å². The van der Waals surface area contributed by atoms with Crippen molar-refractivity contribution in [3.63, 3.8) is 0 Å². The molecule has 2 aromatic rings. The molecule has 0 bridgehead atoms. The highest BCUT2D eigenvalue weighted by molar-refractivity contribution is 5.95. The lowest BCUT2D eigenvalue weighted by Gasteiger charge is -2.08. The summed E-state index contributed by atoms with van der Waals surface area (Å²) in [6, 6.07) is 12.4. The van der Waals surface area contributed by atoms with Gasteiger partial charge in [-0.2, -0.15) is 0 Å². The smallest absolute Gasteiger partial charge is 0.308 e. The van der Waals surface area contributed by atoms with Crippen LogP contribution in [0.1, 0.15) is 29.3 Å².